The number of thiophene rings is 1. The van der Waals surface area contributed by atoms with E-state index in [-0.39, 0.29) is 4.83 Å². The van der Waals surface area contributed by atoms with Gasteiger partial charge in [0.05, 0.1) is 11.4 Å². The number of halogens is 1. The van der Waals surface area contributed by atoms with E-state index in [1.54, 1.807) is 0 Å². The van der Waals surface area contributed by atoms with Crippen LogP contribution in [0.3, 0.4) is 0 Å². The minimum atomic E-state index is 0.247. The van der Waals surface area contributed by atoms with Crippen molar-refractivity contribution in [2.75, 3.05) is 6.61 Å². The molecular formula is C16H19BrOS. The summed E-state index contributed by atoms with van der Waals surface area (Å²) in [5.74, 6) is 0.953. The van der Waals surface area contributed by atoms with Crippen LogP contribution < -0.4 is 4.74 Å². The highest BCUT2D eigenvalue weighted by Crippen LogP contribution is 2.38. The van der Waals surface area contributed by atoms with Gasteiger partial charge >= 0.3 is 0 Å². The van der Waals surface area contributed by atoms with Gasteiger partial charge in [0.15, 0.2) is 0 Å². The summed E-state index contributed by atoms with van der Waals surface area (Å²) in [5.41, 5.74) is 2.60. The lowest BCUT2D eigenvalue weighted by molar-refractivity contribution is 0.317. The molecule has 0 saturated carbocycles. The molecule has 2 aromatic rings. The van der Waals surface area contributed by atoms with Gasteiger partial charge in [-0.05, 0) is 49.6 Å². The van der Waals surface area contributed by atoms with Gasteiger partial charge in [0.2, 0.25) is 0 Å². The highest BCUT2D eigenvalue weighted by atomic mass is 79.9. The van der Waals surface area contributed by atoms with E-state index in [0.717, 1.165) is 18.8 Å². The lowest BCUT2D eigenvalue weighted by Gasteiger charge is -2.12. The molecule has 3 heteroatoms. The first-order chi connectivity index (χ1) is 9.11. The van der Waals surface area contributed by atoms with Crippen molar-refractivity contribution in [3.63, 3.8) is 0 Å². The molecule has 0 aliphatic rings. The van der Waals surface area contributed by atoms with Crippen LogP contribution in [0.2, 0.25) is 0 Å². The lowest BCUT2D eigenvalue weighted by atomic mass is 10.1. The Bertz CT molecular complexity index is 547. The first-order valence-electron chi connectivity index (χ1n) is 6.55. The third-order valence-electron chi connectivity index (χ3n) is 2.93. The van der Waals surface area contributed by atoms with Gasteiger partial charge in [0.1, 0.15) is 5.75 Å². The second-order valence-corrected chi connectivity index (χ2v) is 6.89. The molecule has 0 fully saturated rings. The molecule has 0 aliphatic carbocycles. The standard InChI is InChI=1S/C16H19BrOS/c1-4-8-18-14-7-5-6-13(10-14)15(17)16-11(2)9-12(3)19-16/h5-7,9-10,15H,4,8H2,1-3H3. The normalized spacial score (nSPS) is 12.4. The third kappa shape index (κ3) is 3.61. The predicted molar refractivity (Wildman–Crippen MR) is 86.8 cm³/mol. The van der Waals surface area contributed by atoms with Crippen LogP contribution >= 0.6 is 27.3 Å². The summed E-state index contributed by atoms with van der Waals surface area (Å²) < 4.78 is 5.70. The molecule has 1 nitrogen and oxygen atoms in total. The van der Waals surface area contributed by atoms with Crippen molar-refractivity contribution in [2.45, 2.75) is 32.0 Å². The Kier molecular flexibility index (Phi) is 5.06. The van der Waals surface area contributed by atoms with Crippen molar-refractivity contribution >= 4 is 27.3 Å². The number of hydrogen-bond acceptors (Lipinski definition) is 2. The summed E-state index contributed by atoms with van der Waals surface area (Å²) in [7, 11) is 0. The topological polar surface area (TPSA) is 9.23 Å². The van der Waals surface area contributed by atoms with Crippen LogP contribution in [0.4, 0.5) is 0 Å². The van der Waals surface area contributed by atoms with Gasteiger partial charge in [0.25, 0.3) is 0 Å². The summed E-state index contributed by atoms with van der Waals surface area (Å²) in [6, 6.07) is 10.6. The number of benzene rings is 1. The Labute approximate surface area is 127 Å². The lowest BCUT2D eigenvalue weighted by Crippen LogP contribution is -1.97. The Balaban J connectivity index is 2.23. The first kappa shape index (κ1) is 14.6. The average Bonchev–Trinajstić information content (AvgIpc) is 2.75. The molecule has 1 aromatic carbocycles. The maximum Gasteiger partial charge on any atom is 0.119 e. The second-order valence-electron chi connectivity index (χ2n) is 4.69. The Hall–Kier alpha value is -0.800. The van der Waals surface area contributed by atoms with Crippen LogP contribution in [-0.2, 0) is 0 Å². The third-order valence-corrected chi connectivity index (χ3v) is 5.44. The van der Waals surface area contributed by atoms with Gasteiger partial charge < -0.3 is 4.74 Å². The molecule has 1 aromatic heterocycles. The summed E-state index contributed by atoms with van der Waals surface area (Å²) >= 11 is 5.67. The fraction of sp³-hybridized carbons (Fsp3) is 0.375. The summed E-state index contributed by atoms with van der Waals surface area (Å²) in [6.07, 6.45) is 1.03. The summed E-state index contributed by atoms with van der Waals surface area (Å²) in [6.45, 7) is 7.22. The number of alkyl halides is 1. The van der Waals surface area contributed by atoms with E-state index in [0.29, 0.717) is 0 Å². The molecule has 0 amide bonds. The Morgan fingerprint density at radius 2 is 2.05 bits per heavy atom. The van der Waals surface area contributed by atoms with Gasteiger partial charge in [-0.2, -0.15) is 0 Å². The van der Waals surface area contributed by atoms with E-state index in [4.69, 9.17) is 4.74 Å². The predicted octanol–water partition coefficient (Wildman–Crippen LogP) is 5.64. The minimum absolute atomic E-state index is 0.247. The number of aryl methyl sites for hydroxylation is 2. The zero-order valence-electron chi connectivity index (χ0n) is 11.6. The zero-order chi connectivity index (χ0) is 13.8. The smallest absolute Gasteiger partial charge is 0.119 e. The number of ether oxygens (including phenoxy) is 1. The van der Waals surface area contributed by atoms with Crippen LogP contribution in [-0.4, -0.2) is 6.61 Å². The van der Waals surface area contributed by atoms with Crippen LogP contribution in [0.15, 0.2) is 30.3 Å². The Morgan fingerprint density at radius 3 is 2.68 bits per heavy atom. The van der Waals surface area contributed by atoms with Crippen LogP contribution in [0.5, 0.6) is 5.75 Å². The van der Waals surface area contributed by atoms with Crippen LogP contribution in [0.25, 0.3) is 0 Å². The molecule has 102 valence electrons. The largest absolute Gasteiger partial charge is 0.494 e. The van der Waals surface area contributed by atoms with Crippen molar-refractivity contribution in [2.24, 2.45) is 0 Å². The summed E-state index contributed by atoms with van der Waals surface area (Å²) in [5, 5.41) is 0. The number of hydrogen-bond donors (Lipinski definition) is 0. The maximum atomic E-state index is 5.70. The van der Waals surface area contributed by atoms with Crippen molar-refractivity contribution in [3.8, 4) is 5.75 Å². The van der Waals surface area contributed by atoms with Gasteiger partial charge in [-0.3, -0.25) is 0 Å². The van der Waals surface area contributed by atoms with Crippen molar-refractivity contribution in [1.82, 2.24) is 0 Å². The first-order valence-corrected chi connectivity index (χ1v) is 8.28. The van der Waals surface area contributed by atoms with E-state index >= 15 is 0 Å². The molecule has 2 rings (SSSR count). The average molecular weight is 339 g/mol. The quantitative estimate of drug-likeness (QED) is 0.641. The maximum absolute atomic E-state index is 5.70. The molecule has 0 radical (unpaired) electrons. The van der Waals surface area contributed by atoms with Crippen LogP contribution in [0, 0.1) is 13.8 Å². The monoisotopic (exact) mass is 338 g/mol. The minimum Gasteiger partial charge on any atom is -0.494 e. The van der Waals surface area contributed by atoms with Crippen LogP contribution in [0.1, 0.15) is 39.1 Å². The van der Waals surface area contributed by atoms with Gasteiger partial charge in [-0.25, -0.2) is 0 Å². The molecule has 1 atom stereocenters. The summed E-state index contributed by atoms with van der Waals surface area (Å²) in [4.78, 5) is 2.98. The van der Waals surface area contributed by atoms with E-state index in [1.165, 1.54) is 20.9 Å². The molecule has 0 saturated heterocycles. The van der Waals surface area contributed by atoms with Gasteiger partial charge in [-0.1, -0.05) is 35.0 Å². The van der Waals surface area contributed by atoms with Gasteiger partial charge in [0, 0.05) is 9.75 Å². The fourth-order valence-electron chi connectivity index (χ4n) is 2.04. The fourth-order valence-corrected chi connectivity index (χ4v) is 4.01. The molecular weight excluding hydrogens is 320 g/mol. The van der Waals surface area contributed by atoms with Crippen molar-refractivity contribution in [1.29, 1.82) is 0 Å². The van der Waals surface area contributed by atoms with E-state index in [2.05, 4.69) is 61.0 Å². The second kappa shape index (κ2) is 6.58. The van der Waals surface area contributed by atoms with E-state index in [9.17, 15) is 0 Å². The van der Waals surface area contributed by atoms with E-state index in [1.807, 2.05) is 17.4 Å². The Morgan fingerprint density at radius 1 is 1.26 bits per heavy atom. The van der Waals surface area contributed by atoms with Crippen molar-refractivity contribution < 1.29 is 4.74 Å². The molecule has 1 heterocycles. The zero-order valence-corrected chi connectivity index (χ0v) is 14.0. The highest BCUT2D eigenvalue weighted by molar-refractivity contribution is 9.09. The van der Waals surface area contributed by atoms with Gasteiger partial charge in [-0.15, -0.1) is 11.3 Å². The molecule has 1 unspecified atom stereocenters. The molecule has 0 aliphatic heterocycles. The van der Waals surface area contributed by atoms with E-state index < -0.39 is 0 Å². The SMILES string of the molecule is CCCOc1cccc(C(Br)c2sc(C)cc2C)c1. The van der Waals surface area contributed by atoms with Crippen molar-refractivity contribution in [3.05, 3.63) is 51.2 Å². The molecule has 0 bridgehead atoms. The molecule has 0 spiro atoms. The number of rotatable bonds is 5. The molecule has 19 heavy (non-hydrogen) atoms. The highest BCUT2D eigenvalue weighted by Gasteiger charge is 2.15. The molecule has 0 N–H and O–H groups in total.